The fourth-order valence-electron chi connectivity index (χ4n) is 0.291. The van der Waals surface area contributed by atoms with Crippen molar-refractivity contribution in [1.29, 1.82) is 0 Å². The van der Waals surface area contributed by atoms with E-state index < -0.39 is 17.8 Å². The van der Waals surface area contributed by atoms with E-state index in [2.05, 4.69) is 0 Å². The number of nitrogens with two attached hydrogens (primary N) is 1. The summed E-state index contributed by atoms with van der Waals surface area (Å²) in [6.45, 7) is 1.20. The third-order valence-corrected chi connectivity index (χ3v) is 1.12. The Morgan fingerprint density at radius 1 is 1.70 bits per heavy atom. The SMILES string of the molecule is CC(C(=O)O)C(=O)N(N)Cl. The first-order chi connectivity index (χ1) is 4.46. The zero-order chi connectivity index (χ0) is 8.31. The number of carboxylic acid groups (broad SMARTS) is 1. The predicted molar refractivity (Wildman–Crippen MR) is 33.7 cm³/mol. The maximum atomic E-state index is 10.6. The monoisotopic (exact) mass is 166 g/mol. The van der Waals surface area contributed by atoms with Crippen molar-refractivity contribution in [3.63, 3.8) is 0 Å². The molecule has 10 heavy (non-hydrogen) atoms. The zero-order valence-electron chi connectivity index (χ0n) is 5.24. The smallest absolute Gasteiger partial charge is 0.315 e. The van der Waals surface area contributed by atoms with E-state index in [0.29, 0.717) is 0 Å². The molecule has 0 aromatic heterocycles. The molecule has 0 rings (SSSR count). The highest BCUT2D eigenvalue weighted by Crippen LogP contribution is 2.00. The number of amides is 1. The van der Waals surface area contributed by atoms with Gasteiger partial charge in [-0.25, -0.2) is 5.84 Å². The van der Waals surface area contributed by atoms with Crippen LogP contribution in [0.4, 0.5) is 0 Å². The second kappa shape index (κ2) is 3.38. The van der Waals surface area contributed by atoms with Crippen LogP contribution in [0.25, 0.3) is 0 Å². The summed E-state index contributed by atoms with van der Waals surface area (Å²) >= 11 is 4.97. The number of rotatable bonds is 2. The number of aliphatic carboxylic acids is 1. The highest BCUT2D eigenvalue weighted by atomic mass is 35.5. The Morgan fingerprint density at radius 3 is 2.20 bits per heavy atom. The lowest BCUT2D eigenvalue weighted by molar-refractivity contribution is -0.148. The van der Waals surface area contributed by atoms with Crippen LogP contribution in [0.2, 0.25) is 0 Å². The Balaban J connectivity index is 4.08. The van der Waals surface area contributed by atoms with Gasteiger partial charge in [0.25, 0.3) is 5.91 Å². The van der Waals surface area contributed by atoms with Crippen LogP contribution in [0.15, 0.2) is 0 Å². The molecule has 0 aromatic rings. The van der Waals surface area contributed by atoms with E-state index >= 15 is 0 Å². The number of carbonyl (C=O) groups excluding carboxylic acids is 1. The molecule has 0 aliphatic heterocycles. The van der Waals surface area contributed by atoms with Gasteiger partial charge in [-0.1, -0.05) is 0 Å². The van der Waals surface area contributed by atoms with Crippen molar-refractivity contribution < 1.29 is 14.7 Å². The first kappa shape index (κ1) is 9.19. The number of hydrazine groups is 1. The number of hydrogen-bond acceptors (Lipinski definition) is 3. The fraction of sp³-hybridized carbons (Fsp3) is 0.500. The standard InChI is InChI=1S/C4H7ClN2O3/c1-2(4(9)10)3(8)7(5)6/h2H,6H2,1H3,(H,9,10). The first-order valence-corrected chi connectivity index (χ1v) is 2.78. The minimum absolute atomic E-state index is 0.235. The summed E-state index contributed by atoms with van der Waals surface area (Å²) in [6, 6.07) is 0. The third-order valence-electron chi connectivity index (χ3n) is 0.951. The fourth-order valence-corrected chi connectivity index (χ4v) is 0.437. The van der Waals surface area contributed by atoms with E-state index in [-0.39, 0.29) is 4.53 Å². The molecule has 0 radical (unpaired) electrons. The molecule has 0 aliphatic carbocycles. The number of carbonyl (C=O) groups is 2. The number of halogens is 1. The minimum atomic E-state index is -1.25. The molecular formula is C4H7ClN2O3. The van der Waals surface area contributed by atoms with Crippen molar-refractivity contribution in [2.45, 2.75) is 6.92 Å². The molecule has 0 fully saturated rings. The van der Waals surface area contributed by atoms with Crippen molar-refractivity contribution in [3.05, 3.63) is 0 Å². The summed E-state index contributed by atoms with van der Waals surface area (Å²) in [5.41, 5.74) is 0. The average Bonchev–Trinajstić information content (AvgIpc) is 1.84. The van der Waals surface area contributed by atoms with Crippen molar-refractivity contribution in [1.82, 2.24) is 4.53 Å². The predicted octanol–water partition coefficient (Wildman–Crippen LogP) is -0.437. The zero-order valence-corrected chi connectivity index (χ0v) is 6.00. The molecule has 58 valence electrons. The van der Waals surface area contributed by atoms with E-state index in [9.17, 15) is 9.59 Å². The van der Waals surface area contributed by atoms with Crippen LogP contribution in [0.3, 0.4) is 0 Å². The summed E-state index contributed by atoms with van der Waals surface area (Å²) in [5, 5.41) is 8.24. The topological polar surface area (TPSA) is 83.6 Å². The summed E-state index contributed by atoms with van der Waals surface area (Å²) in [7, 11) is 0. The Morgan fingerprint density at radius 2 is 2.10 bits per heavy atom. The first-order valence-electron chi connectivity index (χ1n) is 2.44. The average molecular weight is 167 g/mol. The van der Waals surface area contributed by atoms with Gasteiger partial charge in [-0.2, -0.15) is 4.53 Å². The second-order valence-electron chi connectivity index (χ2n) is 1.71. The lowest BCUT2D eigenvalue weighted by Crippen LogP contribution is -2.36. The van der Waals surface area contributed by atoms with Gasteiger partial charge in [0.1, 0.15) is 5.92 Å². The van der Waals surface area contributed by atoms with Crippen LogP contribution in [-0.2, 0) is 9.59 Å². The molecular weight excluding hydrogens is 160 g/mol. The van der Waals surface area contributed by atoms with E-state index in [0.717, 1.165) is 0 Å². The Hall–Kier alpha value is -0.810. The third kappa shape index (κ3) is 2.20. The van der Waals surface area contributed by atoms with Crippen molar-refractivity contribution >= 4 is 23.7 Å². The van der Waals surface area contributed by atoms with Gasteiger partial charge in [-0.3, -0.25) is 9.59 Å². The molecule has 6 heteroatoms. The van der Waals surface area contributed by atoms with Crippen LogP contribution < -0.4 is 5.84 Å². The lowest BCUT2D eigenvalue weighted by atomic mass is 10.2. The van der Waals surface area contributed by atoms with Crippen LogP contribution in [-0.4, -0.2) is 21.5 Å². The molecule has 0 aliphatic rings. The highest BCUT2D eigenvalue weighted by molar-refractivity contribution is 6.22. The van der Waals surface area contributed by atoms with Gasteiger partial charge in [0, 0.05) is 11.8 Å². The molecule has 3 N–H and O–H groups in total. The van der Waals surface area contributed by atoms with Gasteiger partial charge in [0.2, 0.25) is 0 Å². The quantitative estimate of drug-likeness (QED) is 0.192. The van der Waals surface area contributed by atoms with Gasteiger partial charge in [-0.05, 0) is 6.92 Å². The molecule has 1 amide bonds. The van der Waals surface area contributed by atoms with E-state index in [1.54, 1.807) is 0 Å². The second-order valence-corrected chi connectivity index (χ2v) is 2.07. The number of carboxylic acids is 1. The van der Waals surface area contributed by atoms with E-state index in [1.807, 2.05) is 0 Å². The molecule has 0 bridgehead atoms. The van der Waals surface area contributed by atoms with Crippen LogP contribution in [0.1, 0.15) is 6.92 Å². The summed E-state index contributed by atoms with van der Waals surface area (Å²) in [6.07, 6.45) is 0. The number of nitrogens with zero attached hydrogens (tertiary/aromatic N) is 1. The van der Waals surface area contributed by atoms with E-state index in [1.165, 1.54) is 6.92 Å². The van der Waals surface area contributed by atoms with Crippen LogP contribution in [0, 0.1) is 5.92 Å². The maximum absolute atomic E-state index is 10.6. The molecule has 0 saturated carbocycles. The molecule has 0 spiro atoms. The van der Waals surface area contributed by atoms with Gasteiger partial charge in [0.05, 0.1) is 0 Å². The highest BCUT2D eigenvalue weighted by Gasteiger charge is 2.23. The largest absolute Gasteiger partial charge is 0.481 e. The minimum Gasteiger partial charge on any atom is -0.481 e. The van der Waals surface area contributed by atoms with Gasteiger partial charge in [-0.15, -0.1) is 0 Å². The number of hydrogen-bond donors (Lipinski definition) is 2. The summed E-state index contributed by atoms with van der Waals surface area (Å²) < 4.78 is 0.235. The van der Waals surface area contributed by atoms with Crippen molar-refractivity contribution in [3.8, 4) is 0 Å². The van der Waals surface area contributed by atoms with Crippen molar-refractivity contribution in [2.75, 3.05) is 0 Å². The molecule has 0 saturated heterocycles. The summed E-state index contributed by atoms with van der Waals surface area (Å²) in [5.74, 6) is 1.48. The molecule has 1 atom stereocenters. The van der Waals surface area contributed by atoms with Gasteiger partial charge in [0.15, 0.2) is 0 Å². The van der Waals surface area contributed by atoms with Gasteiger partial charge < -0.3 is 5.11 Å². The van der Waals surface area contributed by atoms with Crippen LogP contribution >= 0.6 is 11.8 Å². The Bertz CT molecular complexity index is 159. The van der Waals surface area contributed by atoms with Crippen molar-refractivity contribution in [2.24, 2.45) is 11.8 Å². The Labute approximate surface area is 62.4 Å². The van der Waals surface area contributed by atoms with Gasteiger partial charge >= 0.3 is 5.97 Å². The normalized spacial score (nSPS) is 12.3. The molecule has 1 unspecified atom stereocenters. The molecule has 0 aromatic carbocycles. The Kier molecular flexibility index (Phi) is 3.11. The maximum Gasteiger partial charge on any atom is 0.315 e. The van der Waals surface area contributed by atoms with Crippen LogP contribution in [0.5, 0.6) is 0 Å². The summed E-state index contributed by atoms with van der Waals surface area (Å²) in [4.78, 5) is 20.7. The lowest BCUT2D eigenvalue weighted by Gasteiger charge is -2.08. The molecule has 5 nitrogen and oxygen atoms in total. The molecule has 0 heterocycles. The van der Waals surface area contributed by atoms with E-state index in [4.69, 9.17) is 22.7 Å².